The van der Waals surface area contributed by atoms with Crippen LogP contribution in [0.15, 0.2) is 55.0 Å². The van der Waals surface area contributed by atoms with Crippen LogP contribution >= 0.6 is 0 Å². The van der Waals surface area contributed by atoms with Gasteiger partial charge in [-0.25, -0.2) is 9.97 Å². The summed E-state index contributed by atoms with van der Waals surface area (Å²) in [4.78, 5) is 21.5. The van der Waals surface area contributed by atoms with Gasteiger partial charge in [0, 0.05) is 29.3 Å². The molecule has 29 heavy (non-hydrogen) atoms. The normalized spacial score (nSPS) is 18.0. The van der Waals surface area contributed by atoms with Gasteiger partial charge in [0.15, 0.2) is 0 Å². The lowest BCUT2D eigenvalue weighted by Crippen LogP contribution is -2.15. The van der Waals surface area contributed by atoms with Gasteiger partial charge in [-0.2, -0.15) is 5.10 Å². The van der Waals surface area contributed by atoms with Gasteiger partial charge in [0.2, 0.25) is 5.91 Å². The van der Waals surface area contributed by atoms with Crippen LogP contribution in [0.1, 0.15) is 23.5 Å². The second-order valence-electron chi connectivity index (χ2n) is 7.47. The number of hydrogen-bond acceptors (Lipinski definition) is 5. The number of nitrogen functional groups attached to an aromatic ring is 1. The van der Waals surface area contributed by atoms with Gasteiger partial charge in [-0.15, -0.1) is 0 Å². The molecule has 1 aliphatic rings. The molecule has 0 bridgehead atoms. The predicted molar refractivity (Wildman–Crippen MR) is 112 cm³/mol. The molecule has 4 aromatic rings. The molecule has 2 atom stereocenters. The fourth-order valence-corrected chi connectivity index (χ4v) is 3.78. The van der Waals surface area contributed by atoms with Crippen LogP contribution in [-0.4, -0.2) is 26.1 Å². The molecule has 3 aromatic heterocycles. The van der Waals surface area contributed by atoms with Gasteiger partial charge < -0.3 is 11.1 Å². The van der Waals surface area contributed by atoms with E-state index < -0.39 is 0 Å². The highest BCUT2D eigenvalue weighted by Gasteiger charge is 2.44. The van der Waals surface area contributed by atoms with Crippen LogP contribution in [0.4, 0.5) is 11.6 Å². The van der Waals surface area contributed by atoms with Crippen molar-refractivity contribution in [2.75, 3.05) is 11.1 Å². The second-order valence-corrected chi connectivity index (χ2v) is 7.47. The van der Waals surface area contributed by atoms with Crippen molar-refractivity contribution in [1.82, 2.24) is 20.2 Å². The van der Waals surface area contributed by atoms with Crippen LogP contribution < -0.4 is 11.1 Å². The Bertz CT molecular complexity index is 1220. The second kappa shape index (κ2) is 6.70. The van der Waals surface area contributed by atoms with Gasteiger partial charge in [-0.05, 0) is 47.9 Å². The summed E-state index contributed by atoms with van der Waals surface area (Å²) < 4.78 is 0. The molecular formula is C22H20N6O. The lowest BCUT2D eigenvalue weighted by atomic mass is 10.0. The van der Waals surface area contributed by atoms with Crippen LogP contribution in [-0.2, 0) is 4.79 Å². The minimum absolute atomic E-state index is 0.0239. The summed E-state index contributed by atoms with van der Waals surface area (Å²) in [5.41, 5.74) is 10.2. The summed E-state index contributed by atoms with van der Waals surface area (Å²) in [6.07, 6.45) is 6.10. The number of aromatic amines is 1. The number of anilines is 2. The number of carbonyl (C=O) groups is 1. The third-order valence-electron chi connectivity index (χ3n) is 5.49. The molecule has 0 radical (unpaired) electrons. The van der Waals surface area contributed by atoms with Crippen LogP contribution in [0.2, 0.25) is 0 Å². The fraction of sp³-hybridized carbons (Fsp3) is 0.182. The van der Waals surface area contributed by atoms with Crippen molar-refractivity contribution in [3.05, 3.63) is 66.1 Å². The summed E-state index contributed by atoms with van der Waals surface area (Å²) in [7, 11) is 0. The van der Waals surface area contributed by atoms with E-state index in [2.05, 4.69) is 25.5 Å². The average molecular weight is 384 g/mol. The van der Waals surface area contributed by atoms with Crippen molar-refractivity contribution >= 4 is 28.3 Å². The smallest absolute Gasteiger partial charge is 0.229 e. The Morgan fingerprint density at radius 3 is 2.90 bits per heavy atom. The molecule has 0 spiro atoms. The first-order chi connectivity index (χ1) is 14.1. The molecule has 144 valence electrons. The largest absolute Gasteiger partial charge is 0.383 e. The maximum absolute atomic E-state index is 12.6. The molecule has 5 rings (SSSR count). The van der Waals surface area contributed by atoms with Crippen LogP contribution in [0, 0.1) is 12.8 Å². The third-order valence-corrected chi connectivity index (χ3v) is 5.49. The van der Waals surface area contributed by atoms with Crippen molar-refractivity contribution in [2.24, 2.45) is 5.92 Å². The van der Waals surface area contributed by atoms with Crippen LogP contribution in [0.25, 0.3) is 22.0 Å². The Morgan fingerprint density at radius 2 is 2.10 bits per heavy atom. The summed E-state index contributed by atoms with van der Waals surface area (Å²) in [5.74, 6) is 1.09. The molecule has 1 aliphatic carbocycles. The average Bonchev–Trinajstić information content (AvgIpc) is 3.33. The maximum Gasteiger partial charge on any atom is 0.229 e. The molecule has 1 unspecified atom stereocenters. The number of amides is 1. The van der Waals surface area contributed by atoms with E-state index in [0.29, 0.717) is 11.6 Å². The highest BCUT2D eigenvalue weighted by Crippen LogP contribution is 2.47. The first kappa shape index (κ1) is 17.4. The molecule has 3 heterocycles. The number of aryl methyl sites for hydroxylation is 1. The summed E-state index contributed by atoms with van der Waals surface area (Å²) in [5, 5.41) is 11.3. The number of aromatic nitrogens is 4. The minimum Gasteiger partial charge on any atom is -0.383 e. The Kier molecular flexibility index (Phi) is 4.01. The molecule has 1 aromatic carbocycles. The van der Waals surface area contributed by atoms with Crippen molar-refractivity contribution < 1.29 is 4.79 Å². The highest BCUT2D eigenvalue weighted by molar-refractivity contribution is 5.98. The van der Waals surface area contributed by atoms with Crippen molar-refractivity contribution in [1.29, 1.82) is 0 Å². The van der Waals surface area contributed by atoms with E-state index in [9.17, 15) is 4.79 Å². The predicted octanol–water partition coefficient (Wildman–Crippen LogP) is 3.65. The Labute approximate surface area is 167 Å². The van der Waals surface area contributed by atoms with Crippen molar-refractivity contribution in [2.45, 2.75) is 19.3 Å². The zero-order valence-electron chi connectivity index (χ0n) is 15.9. The number of H-pyrrole nitrogens is 1. The van der Waals surface area contributed by atoms with E-state index in [0.717, 1.165) is 39.6 Å². The number of hydrogen-bond donors (Lipinski definition) is 3. The van der Waals surface area contributed by atoms with Crippen LogP contribution in [0.5, 0.6) is 0 Å². The minimum atomic E-state index is -0.0462. The van der Waals surface area contributed by atoms with E-state index >= 15 is 0 Å². The lowest BCUT2D eigenvalue weighted by molar-refractivity contribution is -0.117. The summed E-state index contributed by atoms with van der Waals surface area (Å²) in [6, 6.07) is 11.9. The van der Waals surface area contributed by atoms with E-state index in [1.165, 1.54) is 0 Å². The molecule has 7 heteroatoms. The number of nitrogens with two attached hydrogens (primary N) is 1. The molecule has 1 amide bonds. The number of nitrogens with one attached hydrogen (secondary N) is 2. The Balaban J connectivity index is 1.42. The van der Waals surface area contributed by atoms with Gasteiger partial charge in [-0.1, -0.05) is 24.3 Å². The van der Waals surface area contributed by atoms with Crippen molar-refractivity contribution in [3.8, 4) is 11.3 Å². The van der Waals surface area contributed by atoms with Gasteiger partial charge >= 0.3 is 0 Å². The molecule has 1 saturated carbocycles. The van der Waals surface area contributed by atoms with Crippen molar-refractivity contribution in [3.63, 3.8) is 0 Å². The van der Waals surface area contributed by atoms with E-state index in [1.54, 1.807) is 12.4 Å². The molecule has 1 fully saturated rings. The van der Waals surface area contributed by atoms with E-state index in [-0.39, 0.29) is 17.7 Å². The third kappa shape index (κ3) is 3.20. The van der Waals surface area contributed by atoms with Gasteiger partial charge in [0.1, 0.15) is 11.6 Å². The van der Waals surface area contributed by atoms with Gasteiger partial charge in [-0.3, -0.25) is 9.89 Å². The van der Waals surface area contributed by atoms with E-state index in [4.69, 9.17) is 5.73 Å². The first-order valence-corrected chi connectivity index (χ1v) is 9.52. The maximum atomic E-state index is 12.6. The summed E-state index contributed by atoms with van der Waals surface area (Å²) in [6.45, 7) is 2.04. The SMILES string of the molecule is Cc1ccccc1-c1cc2cc(NC(=O)C3C[C@@H]3c3cn[nH]c3)ncc2c(N)n1. The first-order valence-electron chi connectivity index (χ1n) is 9.52. The number of nitrogens with zero attached hydrogens (tertiary/aromatic N) is 3. The molecule has 0 saturated heterocycles. The fourth-order valence-electron chi connectivity index (χ4n) is 3.78. The lowest BCUT2D eigenvalue weighted by Gasteiger charge is -2.10. The molecule has 4 N–H and O–H groups in total. The Morgan fingerprint density at radius 1 is 1.24 bits per heavy atom. The molecule has 7 nitrogen and oxygen atoms in total. The van der Waals surface area contributed by atoms with Gasteiger partial charge in [0.25, 0.3) is 0 Å². The number of pyridine rings is 2. The zero-order chi connectivity index (χ0) is 20.0. The topological polar surface area (TPSA) is 110 Å². The highest BCUT2D eigenvalue weighted by atomic mass is 16.2. The van der Waals surface area contributed by atoms with Gasteiger partial charge in [0.05, 0.1) is 11.9 Å². The number of rotatable bonds is 4. The molecule has 0 aliphatic heterocycles. The number of benzene rings is 1. The number of fused-ring (bicyclic) bond motifs is 1. The quantitative estimate of drug-likeness (QED) is 0.497. The standard InChI is InChI=1S/C22H20N6O/c1-12-4-2-3-5-15(12)19-6-13-7-20(24-11-18(13)21(23)27-19)28-22(29)17-8-16(17)14-9-25-26-10-14/h2-7,9-11,16-17H,8H2,1H3,(H2,23,27)(H,25,26)(H,24,28,29)/t16-,17?/m1/s1. The van der Waals surface area contributed by atoms with E-state index in [1.807, 2.05) is 49.5 Å². The number of carbonyl (C=O) groups excluding carboxylic acids is 1. The van der Waals surface area contributed by atoms with Crippen LogP contribution in [0.3, 0.4) is 0 Å². The molecular weight excluding hydrogens is 364 g/mol. The zero-order valence-corrected chi connectivity index (χ0v) is 15.9. The summed E-state index contributed by atoms with van der Waals surface area (Å²) >= 11 is 0. The monoisotopic (exact) mass is 384 g/mol. The Hall–Kier alpha value is -3.74.